The van der Waals surface area contributed by atoms with Gasteiger partial charge in [0.1, 0.15) is 17.3 Å². The molecule has 7 nitrogen and oxygen atoms in total. The highest BCUT2D eigenvalue weighted by Gasteiger charge is 2.25. The molecule has 2 heterocycles. The molecule has 1 amide bonds. The van der Waals surface area contributed by atoms with Crippen molar-refractivity contribution in [2.45, 2.75) is 37.7 Å². The van der Waals surface area contributed by atoms with E-state index in [1.165, 1.54) is 17.8 Å². The summed E-state index contributed by atoms with van der Waals surface area (Å²) in [7, 11) is 0. The fourth-order valence-corrected chi connectivity index (χ4v) is 3.80. The predicted octanol–water partition coefficient (Wildman–Crippen LogP) is 3.17. The lowest BCUT2D eigenvalue weighted by molar-refractivity contribution is -0.115. The molecule has 10 heteroatoms. The molecule has 1 saturated heterocycles. The van der Waals surface area contributed by atoms with Crippen LogP contribution in [0.3, 0.4) is 0 Å². The number of nitrogens with one attached hydrogen (secondary N) is 1. The molecule has 1 aliphatic rings. The minimum atomic E-state index is -0.812. The van der Waals surface area contributed by atoms with Crippen molar-refractivity contribution in [1.82, 2.24) is 14.8 Å². The minimum absolute atomic E-state index is 0.349. The maximum atomic E-state index is 13.8. The van der Waals surface area contributed by atoms with Gasteiger partial charge in [0.15, 0.2) is 5.16 Å². The number of morpholine rings is 1. The second-order valence-corrected chi connectivity index (χ2v) is 8.54. The number of rotatable bonds is 7. The van der Waals surface area contributed by atoms with Gasteiger partial charge in [-0.1, -0.05) is 31.7 Å². The summed E-state index contributed by atoms with van der Waals surface area (Å²) in [5.41, 5.74) is -0.442. The second-order valence-electron chi connectivity index (χ2n) is 7.23. The first kappa shape index (κ1) is 21.5. The number of halogens is 2. The highest BCUT2D eigenvalue weighted by molar-refractivity contribution is 8.00. The number of amides is 1. The van der Waals surface area contributed by atoms with E-state index in [0.717, 1.165) is 31.2 Å². The zero-order chi connectivity index (χ0) is 21.0. The van der Waals surface area contributed by atoms with Crippen LogP contribution in [-0.2, 0) is 16.1 Å². The molecule has 1 N–H and O–H groups in total. The fraction of sp³-hybridized carbons (Fsp3) is 0.526. The molecular weight excluding hydrogens is 400 g/mol. The number of carbonyl (C=O) groups is 1. The smallest absolute Gasteiger partial charge is 0.237 e. The average Bonchev–Trinajstić information content (AvgIpc) is 3.07. The van der Waals surface area contributed by atoms with Crippen molar-refractivity contribution in [3.05, 3.63) is 29.8 Å². The fourth-order valence-electron chi connectivity index (χ4n) is 2.94. The van der Waals surface area contributed by atoms with Crippen LogP contribution in [0.5, 0.6) is 0 Å². The van der Waals surface area contributed by atoms with Crippen LogP contribution in [0.4, 0.5) is 20.4 Å². The van der Waals surface area contributed by atoms with E-state index in [9.17, 15) is 13.6 Å². The number of anilines is 2. The molecule has 0 saturated carbocycles. The van der Waals surface area contributed by atoms with Crippen molar-refractivity contribution < 1.29 is 18.3 Å². The van der Waals surface area contributed by atoms with Gasteiger partial charge in [0.25, 0.3) is 0 Å². The van der Waals surface area contributed by atoms with Crippen molar-refractivity contribution in [3.8, 4) is 0 Å². The van der Waals surface area contributed by atoms with Crippen LogP contribution < -0.4 is 10.2 Å². The quantitative estimate of drug-likeness (QED) is 0.687. The third-order valence-corrected chi connectivity index (χ3v) is 5.48. The Morgan fingerprint density at radius 2 is 1.86 bits per heavy atom. The number of hydrogen-bond donors (Lipinski definition) is 1. The molecule has 0 radical (unpaired) electrons. The van der Waals surface area contributed by atoms with Gasteiger partial charge in [-0.3, -0.25) is 9.36 Å². The first-order chi connectivity index (χ1) is 13.9. The van der Waals surface area contributed by atoms with Crippen LogP contribution in [0.25, 0.3) is 0 Å². The Bertz CT molecular complexity index is 835. The van der Waals surface area contributed by atoms with E-state index < -0.39 is 28.5 Å². The van der Waals surface area contributed by atoms with Crippen LogP contribution in [0.15, 0.2) is 23.4 Å². The summed E-state index contributed by atoms with van der Waals surface area (Å²) in [6.45, 7) is 9.25. The summed E-state index contributed by atoms with van der Waals surface area (Å²) in [4.78, 5) is 14.6. The highest BCUT2D eigenvalue weighted by Crippen LogP contribution is 2.28. The molecule has 29 heavy (non-hydrogen) atoms. The zero-order valence-corrected chi connectivity index (χ0v) is 17.5. The van der Waals surface area contributed by atoms with Gasteiger partial charge in [-0.2, -0.15) is 0 Å². The van der Waals surface area contributed by atoms with Gasteiger partial charge in [0.05, 0.1) is 18.5 Å². The topological polar surface area (TPSA) is 72.3 Å². The van der Waals surface area contributed by atoms with Crippen LogP contribution >= 0.6 is 11.8 Å². The van der Waals surface area contributed by atoms with Crippen molar-refractivity contribution >= 4 is 29.3 Å². The summed E-state index contributed by atoms with van der Waals surface area (Å²) in [6, 6.07) is 3.45. The Labute approximate surface area is 172 Å². The van der Waals surface area contributed by atoms with E-state index in [1.807, 2.05) is 4.57 Å². The number of hydrogen-bond acceptors (Lipinski definition) is 6. The molecular formula is C19H25F2N5O2S. The molecule has 158 valence electrons. The van der Waals surface area contributed by atoms with Crippen LogP contribution in [0.2, 0.25) is 0 Å². The Balaban J connectivity index is 1.76. The molecule has 1 fully saturated rings. The molecule has 1 aromatic heterocycles. The maximum absolute atomic E-state index is 13.8. The van der Waals surface area contributed by atoms with Crippen molar-refractivity contribution in [1.29, 1.82) is 0 Å². The number of benzene rings is 1. The summed E-state index contributed by atoms with van der Waals surface area (Å²) >= 11 is 1.21. The number of aromatic nitrogens is 3. The normalized spacial score (nSPS) is 15.6. The molecule has 1 atom stereocenters. The lowest BCUT2D eigenvalue weighted by Gasteiger charge is -2.28. The molecule has 0 bridgehead atoms. The van der Waals surface area contributed by atoms with Crippen molar-refractivity contribution in [2.24, 2.45) is 5.92 Å². The first-order valence-corrected chi connectivity index (χ1v) is 10.4. The van der Waals surface area contributed by atoms with Gasteiger partial charge in [0.2, 0.25) is 11.9 Å². The third kappa shape index (κ3) is 5.24. The van der Waals surface area contributed by atoms with E-state index in [1.54, 1.807) is 6.92 Å². The monoisotopic (exact) mass is 425 g/mol. The van der Waals surface area contributed by atoms with E-state index in [4.69, 9.17) is 4.74 Å². The minimum Gasteiger partial charge on any atom is -0.378 e. The molecule has 0 aliphatic carbocycles. The average molecular weight is 426 g/mol. The predicted molar refractivity (Wildman–Crippen MR) is 108 cm³/mol. The molecule has 0 spiro atoms. The van der Waals surface area contributed by atoms with Crippen LogP contribution in [0, 0.1) is 17.6 Å². The number of carbonyl (C=O) groups excluding carboxylic acids is 1. The zero-order valence-electron chi connectivity index (χ0n) is 16.7. The van der Waals surface area contributed by atoms with Crippen molar-refractivity contribution in [3.63, 3.8) is 0 Å². The van der Waals surface area contributed by atoms with Gasteiger partial charge in [-0.05, 0) is 25.0 Å². The van der Waals surface area contributed by atoms with E-state index >= 15 is 0 Å². The molecule has 1 aliphatic heterocycles. The number of nitrogens with zero attached hydrogens (tertiary/aromatic N) is 4. The van der Waals surface area contributed by atoms with Gasteiger partial charge in [-0.25, -0.2) is 8.78 Å². The number of para-hydroxylation sites is 1. The van der Waals surface area contributed by atoms with Crippen LogP contribution in [0.1, 0.15) is 20.8 Å². The molecule has 3 rings (SSSR count). The van der Waals surface area contributed by atoms with Gasteiger partial charge in [-0.15, -0.1) is 10.2 Å². The Morgan fingerprint density at radius 3 is 2.48 bits per heavy atom. The third-order valence-electron chi connectivity index (χ3n) is 4.40. The SMILES string of the molecule is CC(C)Cn1c(SC(C)C(=O)Nc2c(F)cccc2F)nnc1N1CCOCC1. The highest BCUT2D eigenvalue weighted by atomic mass is 32.2. The van der Waals surface area contributed by atoms with Gasteiger partial charge < -0.3 is 15.0 Å². The lowest BCUT2D eigenvalue weighted by atomic mass is 10.2. The second kappa shape index (κ2) is 9.53. The lowest BCUT2D eigenvalue weighted by Crippen LogP contribution is -2.38. The largest absolute Gasteiger partial charge is 0.378 e. The maximum Gasteiger partial charge on any atom is 0.237 e. The molecule has 1 unspecified atom stereocenters. The standard InChI is InChI=1S/C19H25F2N5O2S/c1-12(2)11-26-18(25-7-9-28-10-8-25)23-24-19(26)29-13(3)17(27)22-16-14(20)5-4-6-15(16)21/h4-6,12-13H,7-11H2,1-3H3,(H,22,27). The first-order valence-electron chi connectivity index (χ1n) is 9.54. The number of ether oxygens (including phenoxy) is 1. The summed E-state index contributed by atoms with van der Waals surface area (Å²) < 4.78 is 35.0. The van der Waals surface area contributed by atoms with E-state index in [0.29, 0.717) is 30.8 Å². The summed E-state index contributed by atoms with van der Waals surface area (Å²) in [6.07, 6.45) is 0. The van der Waals surface area contributed by atoms with Gasteiger partial charge >= 0.3 is 0 Å². The summed E-state index contributed by atoms with van der Waals surface area (Å²) in [5.74, 6) is -1.04. The molecule has 2 aromatic rings. The summed E-state index contributed by atoms with van der Waals surface area (Å²) in [5, 5.41) is 10.9. The van der Waals surface area contributed by atoms with E-state index in [-0.39, 0.29) is 0 Å². The Kier molecular flexibility index (Phi) is 7.07. The Hall–Kier alpha value is -2.20. The molecule has 1 aromatic carbocycles. The Morgan fingerprint density at radius 1 is 1.21 bits per heavy atom. The van der Waals surface area contributed by atoms with Gasteiger partial charge in [0, 0.05) is 19.6 Å². The van der Waals surface area contributed by atoms with Crippen molar-refractivity contribution in [2.75, 3.05) is 36.5 Å². The van der Waals surface area contributed by atoms with Crippen LogP contribution in [-0.4, -0.2) is 52.2 Å². The number of thioether (sulfide) groups is 1. The van der Waals surface area contributed by atoms with E-state index in [2.05, 4.69) is 34.3 Å².